The molecule has 0 aliphatic rings. The van der Waals surface area contributed by atoms with Crippen LogP contribution in [-0.2, 0) is 29.8 Å². The number of carbonyl (C=O) groups excluding carboxylic acids is 1. The molecule has 27 heavy (non-hydrogen) atoms. The molecule has 0 aliphatic carbocycles. The van der Waals surface area contributed by atoms with Gasteiger partial charge in [-0.2, -0.15) is 9.13 Å². The van der Waals surface area contributed by atoms with Crippen molar-refractivity contribution in [1.82, 2.24) is 5.32 Å². The first-order valence-corrected chi connectivity index (χ1v) is 9.47. The minimum Gasteiger partial charge on any atom is -0.444 e. The third-order valence-corrected chi connectivity index (χ3v) is 4.17. The Balaban J connectivity index is 1.82. The number of carbonyl (C=O) groups is 1. The molecule has 0 unspecified atom stereocenters. The third kappa shape index (κ3) is 7.37. The topological polar surface area (TPSA) is 46.1 Å². The van der Waals surface area contributed by atoms with Gasteiger partial charge in [0.25, 0.3) is 0 Å². The van der Waals surface area contributed by atoms with Crippen LogP contribution in [0.1, 0.15) is 52.7 Å². The molecule has 5 nitrogen and oxygen atoms in total. The minimum atomic E-state index is -0.480. The van der Waals surface area contributed by atoms with E-state index in [0.717, 1.165) is 18.7 Å². The molecule has 0 atom stereocenters. The predicted octanol–water partition coefficient (Wildman–Crippen LogP) is 3.28. The summed E-state index contributed by atoms with van der Waals surface area (Å²) in [6, 6.07) is 8.42. The van der Waals surface area contributed by atoms with Crippen molar-refractivity contribution in [2.75, 3.05) is 0 Å². The molecule has 0 spiro atoms. The molecule has 146 valence electrons. The van der Waals surface area contributed by atoms with Crippen molar-refractivity contribution in [3.8, 4) is 0 Å². The zero-order valence-corrected chi connectivity index (χ0v) is 17.5. The molecule has 0 aliphatic heterocycles. The highest BCUT2D eigenvalue weighted by Crippen LogP contribution is 2.20. The maximum atomic E-state index is 11.7. The normalized spacial score (nSPS) is 11.9. The van der Waals surface area contributed by atoms with Crippen molar-refractivity contribution >= 4 is 6.09 Å². The summed E-state index contributed by atoms with van der Waals surface area (Å²) >= 11 is 0. The predicted molar refractivity (Wildman–Crippen MR) is 105 cm³/mol. The Bertz CT molecular complexity index is 739. The SMILES string of the molecule is CC(C)(C)OC(=O)NCc1cc[n+](CC[n+]2ccc(C(C)(C)C)cc2)cc1. The van der Waals surface area contributed by atoms with Crippen molar-refractivity contribution in [2.24, 2.45) is 0 Å². The molecule has 1 amide bonds. The summed E-state index contributed by atoms with van der Waals surface area (Å²) in [6.07, 6.45) is 7.96. The number of pyridine rings is 2. The van der Waals surface area contributed by atoms with E-state index in [0.29, 0.717) is 6.54 Å². The number of amides is 1. The van der Waals surface area contributed by atoms with Crippen LogP contribution >= 0.6 is 0 Å². The van der Waals surface area contributed by atoms with E-state index >= 15 is 0 Å². The van der Waals surface area contributed by atoms with Crippen molar-refractivity contribution in [2.45, 2.75) is 72.2 Å². The molecule has 5 heteroatoms. The molecule has 0 saturated carbocycles. The van der Waals surface area contributed by atoms with Crippen LogP contribution < -0.4 is 14.5 Å². The average Bonchev–Trinajstić information content (AvgIpc) is 2.57. The monoisotopic (exact) mass is 371 g/mol. The molecule has 2 rings (SSSR count). The van der Waals surface area contributed by atoms with E-state index < -0.39 is 11.7 Å². The number of hydrogen-bond acceptors (Lipinski definition) is 2. The van der Waals surface area contributed by atoms with E-state index in [-0.39, 0.29) is 5.41 Å². The molecule has 2 aromatic heterocycles. The molecule has 2 aromatic rings. The molecule has 0 aromatic carbocycles. The molecular weight excluding hydrogens is 338 g/mol. The maximum absolute atomic E-state index is 11.7. The Morgan fingerprint density at radius 2 is 1.37 bits per heavy atom. The second kappa shape index (κ2) is 8.51. The quantitative estimate of drug-likeness (QED) is 0.820. The first-order valence-electron chi connectivity index (χ1n) is 9.47. The van der Waals surface area contributed by atoms with Gasteiger partial charge in [-0.05, 0) is 37.3 Å². The lowest BCUT2D eigenvalue weighted by Gasteiger charge is -2.19. The number of nitrogens with zero attached hydrogens (tertiary/aromatic N) is 2. The van der Waals surface area contributed by atoms with E-state index in [1.807, 2.05) is 45.3 Å². The lowest BCUT2D eigenvalue weighted by atomic mass is 9.88. The van der Waals surface area contributed by atoms with Crippen LogP contribution in [0.15, 0.2) is 49.1 Å². The van der Waals surface area contributed by atoms with E-state index in [2.05, 4.69) is 59.7 Å². The Kier molecular flexibility index (Phi) is 6.58. The average molecular weight is 372 g/mol. The number of alkyl carbamates (subject to hydrolysis) is 1. The Labute approximate surface area is 163 Å². The van der Waals surface area contributed by atoms with Crippen molar-refractivity contribution in [3.05, 3.63) is 60.2 Å². The summed E-state index contributed by atoms with van der Waals surface area (Å²) < 4.78 is 9.58. The smallest absolute Gasteiger partial charge is 0.407 e. The van der Waals surface area contributed by atoms with Crippen LogP contribution in [0.2, 0.25) is 0 Å². The van der Waals surface area contributed by atoms with Gasteiger partial charge in [0.1, 0.15) is 5.60 Å². The molecular formula is C22H33N3O2+2. The van der Waals surface area contributed by atoms with Crippen LogP contribution in [0.25, 0.3) is 0 Å². The molecule has 0 saturated heterocycles. The Hall–Kier alpha value is -2.43. The summed E-state index contributed by atoms with van der Waals surface area (Å²) in [5.41, 5.74) is 2.08. The summed E-state index contributed by atoms with van der Waals surface area (Å²) in [6.45, 7) is 14.5. The van der Waals surface area contributed by atoms with E-state index in [9.17, 15) is 4.79 Å². The standard InChI is InChI=1S/C22H32N3O2/c1-21(2,3)19-9-13-25(14-10-19)16-15-24-11-7-18(8-12-24)17-23-20(26)27-22(4,5)6/h7-14H,15-17H2,1-6H3/q+1/p+1. The van der Waals surface area contributed by atoms with Crippen molar-refractivity contribution < 1.29 is 18.7 Å². The van der Waals surface area contributed by atoms with E-state index in [1.54, 1.807) is 0 Å². The fourth-order valence-electron chi connectivity index (χ4n) is 2.58. The van der Waals surface area contributed by atoms with Gasteiger partial charge >= 0.3 is 6.09 Å². The number of hydrogen-bond donors (Lipinski definition) is 1. The van der Waals surface area contributed by atoms with Gasteiger partial charge < -0.3 is 10.1 Å². The number of aromatic nitrogens is 2. The number of nitrogens with one attached hydrogen (secondary N) is 1. The van der Waals surface area contributed by atoms with Gasteiger partial charge in [0.05, 0.1) is 0 Å². The first kappa shape index (κ1) is 20.9. The second-order valence-electron chi connectivity index (χ2n) is 8.87. The fourth-order valence-corrected chi connectivity index (χ4v) is 2.58. The highest BCUT2D eigenvalue weighted by Gasteiger charge is 2.16. The second-order valence-corrected chi connectivity index (χ2v) is 8.87. The van der Waals surface area contributed by atoms with Gasteiger partial charge in [-0.1, -0.05) is 20.8 Å². The number of aryl methyl sites for hydroxylation is 2. The van der Waals surface area contributed by atoms with Gasteiger partial charge in [-0.25, -0.2) is 4.79 Å². The largest absolute Gasteiger partial charge is 0.444 e. The summed E-state index contributed by atoms with van der Waals surface area (Å²) in [7, 11) is 0. The van der Waals surface area contributed by atoms with Crippen LogP contribution in [0.5, 0.6) is 0 Å². The van der Waals surface area contributed by atoms with Crippen LogP contribution in [0.3, 0.4) is 0 Å². The summed E-state index contributed by atoms with van der Waals surface area (Å²) in [5, 5.41) is 2.78. The minimum absolute atomic E-state index is 0.178. The fraction of sp³-hybridized carbons (Fsp3) is 0.500. The van der Waals surface area contributed by atoms with E-state index in [4.69, 9.17) is 4.74 Å². The highest BCUT2D eigenvalue weighted by molar-refractivity contribution is 5.67. The van der Waals surface area contributed by atoms with Crippen LogP contribution in [0.4, 0.5) is 4.79 Å². The van der Waals surface area contributed by atoms with Crippen molar-refractivity contribution in [3.63, 3.8) is 0 Å². The third-order valence-electron chi connectivity index (χ3n) is 4.17. The lowest BCUT2D eigenvalue weighted by molar-refractivity contribution is -0.778. The van der Waals surface area contributed by atoms with Crippen LogP contribution in [-0.4, -0.2) is 11.7 Å². The number of rotatable bonds is 5. The van der Waals surface area contributed by atoms with Gasteiger partial charge in [-0.15, -0.1) is 0 Å². The zero-order chi connectivity index (χ0) is 20.1. The Morgan fingerprint density at radius 1 is 0.889 bits per heavy atom. The van der Waals surface area contributed by atoms with Gasteiger partial charge in [0.2, 0.25) is 13.1 Å². The van der Waals surface area contributed by atoms with Crippen molar-refractivity contribution in [1.29, 1.82) is 0 Å². The highest BCUT2D eigenvalue weighted by atomic mass is 16.6. The first-order chi connectivity index (χ1) is 12.5. The Morgan fingerprint density at radius 3 is 1.81 bits per heavy atom. The van der Waals surface area contributed by atoms with Gasteiger partial charge in [0.15, 0.2) is 24.8 Å². The van der Waals surface area contributed by atoms with Gasteiger partial charge in [0, 0.05) is 30.8 Å². The van der Waals surface area contributed by atoms with Crippen LogP contribution in [0, 0.1) is 0 Å². The van der Waals surface area contributed by atoms with E-state index in [1.165, 1.54) is 5.56 Å². The number of ether oxygens (including phenoxy) is 1. The summed E-state index contributed by atoms with van der Waals surface area (Å²) in [5.74, 6) is 0. The molecule has 0 fully saturated rings. The zero-order valence-electron chi connectivity index (χ0n) is 17.5. The molecule has 0 bridgehead atoms. The maximum Gasteiger partial charge on any atom is 0.407 e. The molecule has 0 radical (unpaired) electrons. The summed E-state index contributed by atoms with van der Waals surface area (Å²) in [4.78, 5) is 11.7. The lowest BCUT2D eigenvalue weighted by Crippen LogP contribution is -2.44. The molecule has 2 heterocycles. The molecule has 1 N–H and O–H groups in total. The van der Waals surface area contributed by atoms with Gasteiger partial charge in [-0.3, -0.25) is 0 Å².